The van der Waals surface area contributed by atoms with E-state index in [1.54, 1.807) is 0 Å². The summed E-state index contributed by atoms with van der Waals surface area (Å²) in [6, 6.07) is 19.5. The average molecular weight is 362 g/mol. The molecule has 2 fully saturated rings. The number of nitrogens with one attached hydrogen (secondary N) is 1. The largest absolute Gasteiger partial charge is 0.352 e. The van der Waals surface area contributed by atoms with Crippen molar-refractivity contribution in [2.45, 2.75) is 31.1 Å². The molecule has 2 aromatic rings. The van der Waals surface area contributed by atoms with E-state index < -0.39 is 0 Å². The number of amides is 2. The van der Waals surface area contributed by atoms with Gasteiger partial charge in [-0.1, -0.05) is 48.5 Å². The number of hydrogen-bond donors (Lipinski definition) is 1. The number of rotatable bonds is 5. The predicted molar refractivity (Wildman–Crippen MR) is 105 cm³/mol. The molecule has 2 aliphatic rings. The highest BCUT2D eigenvalue weighted by Gasteiger charge is 2.53. The zero-order valence-corrected chi connectivity index (χ0v) is 15.6. The van der Waals surface area contributed by atoms with Crippen LogP contribution in [0.2, 0.25) is 0 Å². The monoisotopic (exact) mass is 362 g/mol. The number of nitrogens with zero attached hydrogens (tertiary/aromatic N) is 1. The van der Waals surface area contributed by atoms with E-state index >= 15 is 0 Å². The summed E-state index contributed by atoms with van der Waals surface area (Å²) in [5.74, 6) is 0.553. The fraction of sp³-hybridized carbons (Fsp3) is 0.391. The molecular weight excluding hydrogens is 336 g/mol. The lowest BCUT2D eigenvalue weighted by Gasteiger charge is -2.35. The maximum Gasteiger partial charge on any atom is 0.251 e. The van der Waals surface area contributed by atoms with Gasteiger partial charge in [-0.05, 0) is 49.3 Å². The Labute approximate surface area is 160 Å². The molecule has 4 nitrogen and oxygen atoms in total. The van der Waals surface area contributed by atoms with Crippen LogP contribution < -0.4 is 5.32 Å². The van der Waals surface area contributed by atoms with E-state index in [2.05, 4.69) is 17.4 Å². The Balaban J connectivity index is 1.36. The lowest BCUT2D eigenvalue weighted by molar-refractivity contribution is -0.135. The van der Waals surface area contributed by atoms with Crippen molar-refractivity contribution in [2.75, 3.05) is 19.6 Å². The molecule has 4 heteroatoms. The first-order chi connectivity index (χ1) is 13.2. The van der Waals surface area contributed by atoms with Crippen LogP contribution in [0.3, 0.4) is 0 Å². The van der Waals surface area contributed by atoms with Gasteiger partial charge in [-0.2, -0.15) is 0 Å². The predicted octanol–water partition coefficient (Wildman–Crippen LogP) is 3.39. The van der Waals surface area contributed by atoms with Crippen LogP contribution in [0.5, 0.6) is 0 Å². The fourth-order valence-electron chi connectivity index (χ4n) is 4.16. The molecule has 0 bridgehead atoms. The fourth-order valence-corrected chi connectivity index (χ4v) is 4.16. The summed E-state index contributed by atoms with van der Waals surface area (Å²) in [4.78, 5) is 27.5. The minimum atomic E-state index is -0.295. The lowest BCUT2D eigenvalue weighted by Crippen LogP contribution is -2.47. The third kappa shape index (κ3) is 3.75. The van der Waals surface area contributed by atoms with Crippen LogP contribution in [0, 0.1) is 5.92 Å². The average Bonchev–Trinajstić information content (AvgIpc) is 3.55. The van der Waals surface area contributed by atoms with Gasteiger partial charge in [0.1, 0.15) is 0 Å². The van der Waals surface area contributed by atoms with Crippen molar-refractivity contribution >= 4 is 11.8 Å². The van der Waals surface area contributed by atoms with Crippen LogP contribution in [0.25, 0.3) is 0 Å². The van der Waals surface area contributed by atoms with Crippen molar-refractivity contribution < 1.29 is 9.59 Å². The molecule has 0 radical (unpaired) electrons. The summed E-state index contributed by atoms with van der Waals surface area (Å²) in [5, 5.41) is 3.04. The maximum absolute atomic E-state index is 13.2. The molecule has 140 valence electrons. The third-order valence-corrected chi connectivity index (χ3v) is 5.88. The van der Waals surface area contributed by atoms with Crippen molar-refractivity contribution in [3.63, 3.8) is 0 Å². The molecular formula is C23H26N2O2. The van der Waals surface area contributed by atoms with Crippen LogP contribution in [0.4, 0.5) is 0 Å². The van der Waals surface area contributed by atoms with Gasteiger partial charge < -0.3 is 10.2 Å². The first-order valence-corrected chi connectivity index (χ1v) is 9.87. The zero-order chi connectivity index (χ0) is 18.7. The Morgan fingerprint density at radius 2 is 1.67 bits per heavy atom. The van der Waals surface area contributed by atoms with E-state index in [0.717, 1.165) is 44.3 Å². The second-order valence-corrected chi connectivity index (χ2v) is 7.78. The van der Waals surface area contributed by atoms with Gasteiger partial charge in [0.25, 0.3) is 5.91 Å². The van der Waals surface area contributed by atoms with Crippen molar-refractivity contribution in [2.24, 2.45) is 5.92 Å². The Morgan fingerprint density at radius 1 is 1.00 bits per heavy atom. The van der Waals surface area contributed by atoms with E-state index in [1.807, 2.05) is 53.4 Å². The SMILES string of the molecule is O=C(NC[C@@H]1CCCN(C(=O)C2(c3ccccc3)CC2)C1)c1ccccc1. The topological polar surface area (TPSA) is 49.4 Å². The van der Waals surface area contributed by atoms with Gasteiger partial charge in [-0.25, -0.2) is 0 Å². The number of hydrogen-bond acceptors (Lipinski definition) is 2. The van der Waals surface area contributed by atoms with Crippen LogP contribution in [-0.4, -0.2) is 36.3 Å². The first kappa shape index (κ1) is 17.8. The smallest absolute Gasteiger partial charge is 0.251 e. The maximum atomic E-state index is 13.2. The van der Waals surface area contributed by atoms with Crippen molar-refractivity contribution in [3.05, 3.63) is 71.8 Å². The normalized spacial score (nSPS) is 20.7. The van der Waals surface area contributed by atoms with Crippen molar-refractivity contribution in [1.82, 2.24) is 10.2 Å². The number of benzene rings is 2. The quantitative estimate of drug-likeness (QED) is 0.886. The standard InChI is InChI=1S/C23H26N2O2/c26-21(19-9-3-1-4-10-19)24-16-18-8-7-15-25(17-18)22(27)23(13-14-23)20-11-5-2-6-12-20/h1-6,9-12,18H,7-8,13-17H2,(H,24,26)/t18-/m0/s1. The molecule has 1 aliphatic heterocycles. The van der Waals surface area contributed by atoms with Gasteiger partial charge in [0.05, 0.1) is 5.41 Å². The molecule has 0 spiro atoms. The molecule has 2 amide bonds. The number of piperidine rings is 1. The summed E-state index contributed by atoms with van der Waals surface area (Å²) in [7, 11) is 0. The second kappa shape index (κ2) is 7.55. The van der Waals surface area contributed by atoms with Crippen molar-refractivity contribution in [1.29, 1.82) is 0 Å². The second-order valence-electron chi connectivity index (χ2n) is 7.78. The van der Waals surface area contributed by atoms with Gasteiger partial charge in [0.2, 0.25) is 5.91 Å². The Bertz CT molecular complexity index is 800. The van der Waals surface area contributed by atoms with E-state index in [0.29, 0.717) is 18.0 Å². The van der Waals surface area contributed by atoms with E-state index in [9.17, 15) is 9.59 Å². The highest BCUT2D eigenvalue weighted by molar-refractivity contribution is 5.94. The number of carbonyl (C=O) groups excluding carboxylic acids is 2. The first-order valence-electron chi connectivity index (χ1n) is 9.87. The summed E-state index contributed by atoms with van der Waals surface area (Å²) in [6.07, 6.45) is 3.95. The van der Waals surface area contributed by atoms with E-state index in [-0.39, 0.29) is 17.2 Å². The summed E-state index contributed by atoms with van der Waals surface area (Å²) in [5.41, 5.74) is 1.54. The number of carbonyl (C=O) groups is 2. The molecule has 1 aliphatic carbocycles. The minimum Gasteiger partial charge on any atom is -0.352 e. The summed E-state index contributed by atoms with van der Waals surface area (Å²) < 4.78 is 0. The lowest BCUT2D eigenvalue weighted by atomic mass is 9.91. The number of likely N-dealkylation sites (tertiary alicyclic amines) is 1. The summed E-state index contributed by atoms with van der Waals surface area (Å²) >= 11 is 0. The van der Waals surface area contributed by atoms with Gasteiger partial charge in [0.15, 0.2) is 0 Å². The molecule has 1 N–H and O–H groups in total. The molecule has 1 heterocycles. The Morgan fingerprint density at radius 3 is 2.33 bits per heavy atom. The molecule has 27 heavy (non-hydrogen) atoms. The molecule has 1 saturated heterocycles. The molecule has 0 unspecified atom stereocenters. The molecule has 0 aromatic heterocycles. The molecule has 4 rings (SSSR count). The van der Waals surface area contributed by atoms with Gasteiger partial charge in [-0.3, -0.25) is 9.59 Å². The van der Waals surface area contributed by atoms with Gasteiger partial charge in [0, 0.05) is 25.2 Å². The molecule has 2 aromatic carbocycles. The van der Waals surface area contributed by atoms with E-state index in [4.69, 9.17) is 0 Å². The Kier molecular flexibility index (Phi) is 4.97. The zero-order valence-electron chi connectivity index (χ0n) is 15.6. The molecule has 1 atom stereocenters. The van der Waals surface area contributed by atoms with Crippen LogP contribution in [0.15, 0.2) is 60.7 Å². The van der Waals surface area contributed by atoms with Crippen LogP contribution in [-0.2, 0) is 10.2 Å². The van der Waals surface area contributed by atoms with Gasteiger partial charge >= 0.3 is 0 Å². The van der Waals surface area contributed by atoms with Crippen LogP contribution in [0.1, 0.15) is 41.6 Å². The molecule has 1 saturated carbocycles. The summed E-state index contributed by atoms with van der Waals surface area (Å²) in [6.45, 7) is 2.19. The van der Waals surface area contributed by atoms with Crippen LogP contribution >= 0.6 is 0 Å². The van der Waals surface area contributed by atoms with E-state index in [1.165, 1.54) is 0 Å². The Hall–Kier alpha value is -2.62. The van der Waals surface area contributed by atoms with Crippen molar-refractivity contribution in [3.8, 4) is 0 Å². The third-order valence-electron chi connectivity index (χ3n) is 5.88. The highest BCUT2D eigenvalue weighted by Crippen LogP contribution is 2.49. The van der Waals surface area contributed by atoms with Gasteiger partial charge in [-0.15, -0.1) is 0 Å². The minimum absolute atomic E-state index is 0.0398. The highest BCUT2D eigenvalue weighted by atomic mass is 16.2.